The van der Waals surface area contributed by atoms with Crippen LogP contribution in [-0.2, 0) is 0 Å². The van der Waals surface area contributed by atoms with Gasteiger partial charge in [-0.2, -0.15) is 0 Å². The van der Waals surface area contributed by atoms with Crippen molar-refractivity contribution in [2.24, 2.45) is 0 Å². The van der Waals surface area contributed by atoms with Crippen LogP contribution < -0.4 is 5.01 Å². The first kappa shape index (κ1) is 27.9. The summed E-state index contributed by atoms with van der Waals surface area (Å²) in [5.74, 6) is 0. The van der Waals surface area contributed by atoms with Crippen LogP contribution in [0.4, 0.5) is 5.69 Å². The van der Waals surface area contributed by atoms with Crippen LogP contribution in [0.2, 0.25) is 0 Å². The molecule has 0 radical (unpaired) electrons. The van der Waals surface area contributed by atoms with Crippen molar-refractivity contribution >= 4 is 33.2 Å². The van der Waals surface area contributed by atoms with E-state index in [0.717, 1.165) is 22.3 Å². The first-order chi connectivity index (χ1) is 22.1. The maximum absolute atomic E-state index is 8.43. The van der Waals surface area contributed by atoms with Crippen molar-refractivity contribution in [1.29, 1.82) is 5.41 Å². The zero-order valence-corrected chi connectivity index (χ0v) is 25.2. The fourth-order valence-corrected chi connectivity index (χ4v) is 6.11. The van der Waals surface area contributed by atoms with Gasteiger partial charge in [0.05, 0.1) is 22.4 Å². The zero-order valence-electron chi connectivity index (χ0n) is 25.2. The summed E-state index contributed by atoms with van der Waals surface area (Å²) in [6.45, 7) is 3.73. The number of allylic oxidation sites excluding steroid dienone is 3. The Kier molecular flexibility index (Phi) is 7.42. The lowest BCUT2D eigenvalue weighted by molar-refractivity contribution is 0.838. The summed E-state index contributed by atoms with van der Waals surface area (Å²) in [6, 6.07) is 51.5. The summed E-state index contributed by atoms with van der Waals surface area (Å²) in [7, 11) is 2.12. The summed E-state index contributed by atoms with van der Waals surface area (Å²) in [6.07, 6.45) is 5.25. The Hall–Kier alpha value is -5.93. The average molecular weight is 580 g/mol. The number of benzene rings is 6. The van der Waals surface area contributed by atoms with Crippen LogP contribution in [0.15, 0.2) is 170 Å². The lowest BCUT2D eigenvalue weighted by Crippen LogP contribution is -2.24. The minimum atomic E-state index is 0.452. The summed E-state index contributed by atoms with van der Waals surface area (Å²) >= 11 is 0. The van der Waals surface area contributed by atoms with Gasteiger partial charge in [0.1, 0.15) is 0 Å². The number of rotatable bonds is 8. The van der Waals surface area contributed by atoms with Crippen LogP contribution in [0.25, 0.3) is 55.2 Å². The van der Waals surface area contributed by atoms with Crippen molar-refractivity contribution in [1.82, 2.24) is 4.68 Å². The van der Waals surface area contributed by atoms with E-state index in [1.165, 1.54) is 44.2 Å². The molecule has 216 valence electrons. The van der Waals surface area contributed by atoms with E-state index in [9.17, 15) is 0 Å². The van der Waals surface area contributed by atoms with Gasteiger partial charge in [-0.05, 0) is 69.8 Å². The Bertz CT molecular complexity index is 2170. The third-order valence-electron chi connectivity index (χ3n) is 8.39. The summed E-state index contributed by atoms with van der Waals surface area (Å²) in [5.41, 5.74) is 11.7. The number of fused-ring (bicyclic) bond motifs is 3. The maximum atomic E-state index is 8.43. The predicted octanol–water partition coefficient (Wildman–Crippen LogP) is 10.8. The molecule has 1 N–H and O–H groups in total. The minimum Gasteiger partial charge on any atom is -0.300 e. The van der Waals surface area contributed by atoms with Crippen LogP contribution >= 0.6 is 0 Å². The third kappa shape index (κ3) is 5.26. The molecule has 3 nitrogen and oxygen atoms in total. The van der Waals surface area contributed by atoms with Gasteiger partial charge in [-0.3, -0.25) is 9.69 Å². The molecule has 1 heterocycles. The highest BCUT2D eigenvalue weighted by Gasteiger charge is 2.21. The zero-order chi connectivity index (χ0) is 30.8. The molecule has 3 heteroatoms. The van der Waals surface area contributed by atoms with Gasteiger partial charge in [-0.1, -0.05) is 134 Å². The van der Waals surface area contributed by atoms with Gasteiger partial charge in [0.25, 0.3) is 0 Å². The lowest BCUT2D eigenvalue weighted by atomic mass is 9.95. The van der Waals surface area contributed by atoms with Gasteiger partial charge in [-0.15, -0.1) is 0 Å². The van der Waals surface area contributed by atoms with Crippen molar-refractivity contribution in [3.05, 3.63) is 176 Å². The maximum Gasteiger partial charge on any atom is 0.0790 e. The number of nitrogens with one attached hydrogen (secondary N) is 1. The number of hydrogen-bond acceptors (Lipinski definition) is 2. The van der Waals surface area contributed by atoms with Crippen LogP contribution in [0.1, 0.15) is 5.56 Å². The number of nitrogens with zero attached hydrogens (tertiary/aromatic N) is 2. The van der Waals surface area contributed by atoms with Crippen molar-refractivity contribution in [3.8, 4) is 33.4 Å². The number of hydrogen-bond donors (Lipinski definition) is 1. The third-order valence-corrected chi connectivity index (χ3v) is 8.39. The monoisotopic (exact) mass is 579 g/mol. The molecule has 1 aromatic heterocycles. The SMILES string of the molecule is C=C/C=C\C(=N)c1ccc(N(C)n2c3cc(-c4ccccc4)ccc3c3cc(-c4ccccc4)cc(-c4ccccc4)c32)cc1. The second-order valence-corrected chi connectivity index (χ2v) is 11.1. The van der Waals surface area contributed by atoms with Crippen molar-refractivity contribution in [2.45, 2.75) is 0 Å². The van der Waals surface area contributed by atoms with Gasteiger partial charge in [0.15, 0.2) is 0 Å². The highest BCUT2D eigenvalue weighted by Crippen LogP contribution is 2.41. The average Bonchev–Trinajstić information content (AvgIpc) is 3.44. The minimum absolute atomic E-state index is 0.452. The van der Waals surface area contributed by atoms with E-state index in [-0.39, 0.29) is 0 Å². The molecule has 0 amide bonds. The second-order valence-electron chi connectivity index (χ2n) is 11.1. The Morgan fingerprint density at radius 3 is 1.84 bits per heavy atom. The fraction of sp³-hybridized carbons (Fsp3) is 0.0238. The molecule has 0 aliphatic heterocycles. The van der Waals surface area contributed by atoms with Gasteiger partial charge < -0.3 is 5.41 Å². The molecule has 6 aromatic carbocycles. The molecule has 7 aromatic rings. The molecule has 0 saturated carbocycles. The highest BCUT2D eigenvalue weighted by molar-refractivity contribution is 6.15. The van der Waals surface area contributed by atoms with E-state index in [0.29, 0.717) is 5.71 Å². The molecular formula is C42H33N3. The Balaban J connectivity index is 1.51. The molecule has 45 heavy (non-hydrogen) atoms. The molecule has 0 fully saturated rings. The lowest BCUT2D eigenvalue weighted by Gasteiger charge is -2.25. The Morgan fingerprint density at radius 1 is 0.622 bits per heavy atom. The summed E-state index contributed by atoms with van der Waals surface area (Å²) in [4.78, 5) is 0. The largest absolute Gasteiger partial charge is 0.300 e. The quantitative estimate of drug-likeness (QED) is 0.141. The normalized spacial score (nSPS) is 11.3. The first-order valence-electron chi connectivity index (χ1n) is 15.1. The molecule has 0 saturated heterocycles. The van der Waals surface area contributed by atoms with E-state index in [1.807, 2.05) is 12.1 Å². The molecular weight excluding hydrogens is 546 g/mol. The molecule has 0 atom stereocenters. The first-order valence-corrected chi connectivity index (χ1v) is 15.1. The van der Waals surface area contributed by atoms with E-state index in [4.69, 9.17) is 5.41 Å². The van der Waals surface area contributed by atoms with Gasteiger partial charge >= 0.3 is 0 Å². The Labute approximate surface area is 264 Å². The van der Waals surface area contributed by atoms with E-state index >= 15 is 0 Å². The summed E-state index contributed by atoms with van der Waals surface area (Å²) < 4.78 is 2.35. The topological polar surface area (TPSA) is 32.0 Å². The van der Waals surface area contributed by atoms with Crippen LogP contribution in [0, 0.1) is 5.41 Å². The standard InChI is InChI=1S/C42H33N3/c1-3-4-20-40(43)33-21-24-36(25-22-33)44(2)45-41-29-34(30-14-8-5-9-15-30)23-26-37(41)39-28-35(31-16-10-6-11-17-31)27-38(42(39)45)32-18-12-7-13-19-32/h3-29,43H,1H2,2H3/b20-4-,43-40?. The number of anilines is 1. The molecule has 0 spiro atoms. The van der Waals surface area contributed by atoms with Crippen molar-refractivity contribution in [2.75, 3.05) is 12.1 Å². The van der Waals surface area contributed by atoms with Crippen molar-refractivity contribution < 1.29 is 0 Å². The van der Waals surface area contributed by atoms with Gasteiger partial charge in [0, 0.05) is 23.4 Å². The molecule has 0 unspecified atom stereocenters. The molecule has 0 bridgehead atoms. The van der Waals surface area contributed by atoms with Crippen LogP contribution in [0.5, 0.6) is 0 Å². The van der Waals surface area contributed by atoms with Gasteiger partial charge in [-0.25, -0.2) is 0 Å². The van der Waals surface area contributed by atoms with Crippen molar-refractivity contribution in [3.63, 3.8) is 0 Å². The Morgan fingerprint density at radius 2 is 1.22 bits per heavy atom. The van der Waals surface area contributed by atoms with E-state index < -0.39 is 0 Å². The summed E-state index contributed by atoms with van der Waals surface area (Å²) in [5, 5.41) is 13.0. The highest BCUT2D eigenvalue weighted by atomic mass is 15.5. The fourth-order valence-electron chi connectivity index (χ4n) is 6.11. The number of aromatic nitrogens is 1. The van der Waals surface area contributed by atoms with E-state index in [2.05, 4.69) is 157 Å². The second kappa shape index (κ2) is 12.0. The smallest absolute Gasteiger partial charge is 0.0790 e. The van der Waals surface area contributed by atoms with Gasteiger partial charge in [0.2, 0.25) is 0 Å². The van der Waals surface area contributed by atoms with Crippen LogP contribution in [-0.4, -0.2) is 17.4 Å². The van der Waals surface area contributed by atoms with Crippen LogP contribution in [0.3, 0.4) is 0 Å². The molecule has 0 aliphatic rings. The van der Waals surface area contributed by atoms with E-state index in [1.54, 1.807) is 18.2 Å². The molecule has 0 aliphatic carbocycles. The predicted molar refractivity (Wildman–Crippen MR) is 192 cm³/mol. The molecule has 7 rings (SSSR count).